The second-order valence-electron chi connectivity index (χ2n) is 3.83. The number of rotatable bonds is 6. The van der Waals surface area contributed by atoms with E-state index in [4.69, 9.17) is 9.84 Å². The number of carbonyl (C=O) groups excluding carboxylic acids is 1. The van der Waals surface area contributed by atoms with E-state index in [-0.39, 0.29) is 24.3 Å². The summed E-state index contributed by atoms with van der Waals surface area (Å²) >= 11 is 0. The van der Waals surface area contributed by atoms with Crippen LogP contribution in [0.1, 0.15) is 17.4 Å². The number of nitrogens with zero attached hydrogens (tertiary/aromatic N) is 2. The van der Waals surface area contributed by atoms with Crippen LogP contribution in [0.2, 0.25) is 0 Å². The molecule has 100 valence electrons. The van der Waals surface area contributed by atoms with Crippen LogP contribution in [0.5, 0.6) is 0 Å². The largest absolute Gasteiger partial charge is 0.392 e. The van der Waals surface area contributed by atoms with E-state index in [1.165, 1.54) is 23.9 Å². The number of nitrogens with one attached hydrogen (secondary N) is 1. The van der Waals surface area contributed by atoms with E-state index >= 15 is 0 Å². The van der Waals surface area contributed by atoms with Gasteiger partial charge in [0.05, 0.1) is 19.3 Å². The highest BCUT2D eigenvalue weighted by Gasteiger charge is 2.09. The van der Waals surface area contributed by atoms with Crippen LogP contribution in [0.4, 0.5) is 0 Å². The lowest BCUT2D eigenvalue weighted by atomic mass is 10.3. The molecule has 0 saturated heterocycles. The molecule has 1 aromatic rings. The Kier molecular flexibility index (Phi) is 5.47. The number of carbonyl (C=O) groups is 1. The van der Waals surface area contributed by atoms with Gasteiger partial charge in [0.15, 0.2) is 0 Å². The zero-order valence-electron chi connectivity index (χ0n) is 10.4. The molecule has 1 heterocycles. The van der Waals surface area contributed by atoms with E-state index < -0.39 is 12.0 Å². The van der Waals surface area contributed by atoms with E-state index in [9.17, 15) is 9.59 Å². The topological polar surface area (TPSA) is 93.5 Å². The molecular formula is C11H17N3O4. The predicted octanol–water partition coefficient (Wildman–Crippen LogP) is -1.000. The molecule has 1 unspecified atom stereocenters. The quantitative estimate of drug-likeness (QED) is 0.680. The highest BCUT2D eigenvalue weighted by molar-refractivity contribution is 5.91. The van der Waals surface area contributed by atoms with E-state index in [1.807, 2.05) is 0 Å². The number of hydrogen-bond donors (Lipinski definition) is 2. The van der Waals surface area contributed by atoms with E-state index in [0.29, 0.717) is 6.61 Å². The first kappa shape index (κ1) is 14.3. The van der Waals surface area contributed by atoms with Crippen LogP contribution < -0.4 is 10.9 Å². The molecule has 0 bridgehead atoms. The van der Waals surface area contributed by atoms with Crippen molar-refractivity contribution in [3.63, 3.8) is 0 Å². The Bertz CT molecular complexity index is 456. The summed E-state index contributed by atoms with van der Waals surface area (Å²) in [7, 11) is 1.52. The molecule has 0 fully saturated rings. The highest BCUT2D eigenvalue weighted by Crippen LogP contribution is 1.91. The molecule has 0 aromatic carbocycles. The van der Waals surface area contributed by atoms with Crippen molar-refractivity contribution >= 4 is 5.91 Å². The van der Waals surface area contributed by atoms with Gasteiger partial charge in [0.25, 0.3) is 11.5 Å². The fourth-order valence-electron chi connectivity index (χ4n) is 1.24. The SMILES string of the molecule is COCCn1nc(C(=O)NCC(C)O)ccc1=O. The second-order valence-corrected chi connectivity index (χ2v) is 3.83. The van der Waals surface area contributed by atoms with Crippen molar-refractivity contribution in [1.29, 1.82) is 0 Å². The molecule has 18 heavy (non-hydrogen) atoms. The van der Waals surface area contributed by atoms with Gasteiger partial charge in [-0.15, -0.1) is 0 Å². The maximum Gasteiger partial charge on any atom is 0.271 e. The van der Waals surface area contributed by atoms with Crippen LogP contribution >= 0.6 is 0 Å². The maximum atomic E-state index is 11.7. The lowest BCUT2D eigenvalue weighted by Crippen LogP contribution is -2.33. The smallest absolute Gasteiger partial charge is 0.271 e. The van der Waals surface area contributed by atoms with Gasteiger partial charge < -0.3 is 15.2 Å². The molecule has 1 aromatic heterocycles. The van der Waals surface area contributed by atoms with E-state index in [2.05, 4.69) is 10.4 Å². The minimum Gasteiger partial charge on any atom is -0.392 e. The first-order valence-electron chi connectivity index (χ1n) is 5.58. The Hall–Kier alpha value is -1.73. The van der Waals surface area contributed by atoms with Gasteiger partial charge in [-0.3, -0.25) is 9.59 Å². The Morgan fingerprint density at radius 2 is 2.33 bits per heavy atom. The summed E-state index contributed by atoms with van der Waals surface area (Å²) in [6, 6.07) is 2.63. The third-order valence-corrected chi connectivity index (χ3v) is 2.16. The molecule has 1 atom stereocenters. The van der Waals surface area contributed by atoms with Crippen molar-refractivity contribution in [2.45, 2.75) is 19.6 Å². The van der Waals surface area contributed by atoms with Crippen molar-refractivity contribution in [2.24, 2.45) is 0 Å². The Morgan fingerprint density at radius 1 is 1.61 bits per heavy atom. The number of aliphatic hydroxyl groups excluding tert-OH is 1. The number of methoxy groups -OCH3 is 1. The third kappa shape index (κ3) is 4.27. The normalized spacial score (nSPS) is 12.2. The average molecular weight is 255 g/mol. The highest BCUT2D eigenvalue weighted by atomic mass is 16.5. The fourth-order valence-corrected chi connectivity index (χ4v) is 1.24. The molecule has 1 amide bonds. The summed E-state index contributed by atoms with van der Waals surface area (Å²) in [5, 5.41) is 15.5. The average Bonchev–Trinajstić information content (AvgIpc) is 2.35. The first-order valence-corrected chi connectivity index (χ1v) is 5.58. The van der Waals surface area contributed by atoms with Crippen molar-refractivity contribution in [3.05, 3.63) is 28.2 Å². The zero-order chi connectivity index (χ0) is 13.5. The predicted molar refractivity (Wildman–Crippen MR) is 64.4 cm³/mol. The molecule has 0 aliphatic rings. The molecule has 2 N–H and O–H groups in total. The molecule has 0 aliphatic heterocycles. The van der Waals surface area contributed by atoms with Crippen molar-refractivity contribution in [2.75, 3.05) is 20.3 Å². The number of amides is 1. The van der Waals surface area contributed by atoms with Gasteiger partial charge in [0, 0.05) is 19.7 Å². The molecule has 0 saturated carbocycles. The molecule has 0 radical (unpaired) electrons. The van der Waals surface area contributed by atoms with E-state index in [0.717, 1.165) is 0 Å². The van der Waals surface area contributed by atoms with Crippen molar-refractivity contribution in [3.8, 4) is 0 Å². The Balaban J connectivity index is 2.77. The number of ether oxygens (including phenoxy) is 1. The van der Waals surface area contributed by atoms with E-state index in [1.54, 1.807) is 6.92 Å². The Labute approximate surface area is 104 Å². The minimum atomic E-state index is -0.631. The minimum absolute atomic E-state index is 0.131. The van der Waals surface area contributed by atoms with Gasteiger partial charge >= 0.3 is 0 Å². The second kappa shape index (κ2) is 6.87. The summed E-state index contributed by atoms with van der Waals surface area (Å²) in [6.07, 6.45) is -0.631. The third-order valence-electron chi connectivity index (χ3n) is 2.16. The summed E-state index contributed by atoms with van der Waals surface area (Å²) in [6.45, 7) is 2.32. The summed E-state index contributed by atoms with van der Waals surface area (Å²) < 4.78 is 6.01. The van der Waals surface area contributed by atoms with Gasteiger partial charge in [-0.05, 0) is 13.0 Å². The lowest BCUT2D eigenvalue weighted by Gasteiger charge is -2.08. The monoisotopic (exact) mass is 255 g/mol. The summed E-state index contributed by atoms with van der Waals surface area (Å²) in [5.74, 6) is -0.429. The fraction of sp³-hybridized carbons (Fsp3) is 0.545. The molecule has 7 heteroatoms. The molecular weight excluding hydrogens is 238 g/mol. The first-order chi connectivity index (χ1) is 8.54. The Morgan fingerprint density at radius 3 is 2.94 bits per heavy atom. The van der Waals surface area contributed by atoms with Gasteiger partial charge in [-0.1, -0.05) is 0 Å². The number of hydrogen-bond acceptors (Lipinski definition) is 5. The van der Waals surface area contributed by atoms with Crippen molar-refractivity contribution in [1.82, 2.24) is 15.1 Å². The van der Waals surface area contributed by atoms with Crippen LogP contribution in [-0.4, -0.2) is 47.2 Å². The van der Waals surface area contributed by atoms with Crippen LogP contribution in [0, 0.1) is 0 Å². The maximum absolute atomic E-state index is 11.7. The van der Waals surface area contributed by atoms with Crippen LogP contribution in [-0.2, 0) is 11.3 Å². The van der Waals surface area contributed by atoms with Crippen LogP contribution in [0.25, 0.3) is 0 Å². The van der Waals surface area contributed by atoms with Crippen molar-refractivity contribution < 1.29 is 14.6 Å². The number of aliphatic hydroxyl groups is 1. The van der Waals surface area contributed by atoms with Gasteiger partial charge in [-0.25, -0.2) is 4.68 Å². The lowest BCUT2D eigenvalue weighted by molar-refractivity contribution is 0.0915. The zero-order valence-corrected chi connectivity index (χ0v) is 10.4. The van der Waals surface area contributed by atoms with Gasteiger partial charge in [-0.2, -0.15) is 5.10 Å². The standard InChI is InChI=1S/C11H17N3O4/c1-8(15)7-12-11(17)9-3-4-10(16)14(13-9)5-6-18-2/h3-4,8,15H,5-7H2,1-2H3,(H,12,17). The van der Waals surface area contributed by atoms with Gasteiger partial charge in [0.1, 0.15) is 5.69 Å². The molecule has 1 rings (SSSR count). The summed E-state index contributed by atoms with van der Waals surface area (Å²) in [5.41, 5.74) is -0.162. The number of aromatic nitrogens is 2. The van der Waals surface area contributed by atoms with Crippen LogP contribution in [0.3, 0.4) is 0 Å². The summed E-state index contributed by atoms with van der Waals surface area (Å²) in [4.78, 5) is 23.1. The van der Waals surface area contributed by atoms with Gasteiger partial charge in [0.2, 0.25) is 0 Å². The molecule has 0 aliphatic carbocycles. The van der Waals surface area contributed by atoms with Crippen LogP contribution in [0.15, 0.2) is 16.9 Å². The molecule has 0 spiro atoms. The molecule has 7 nitrogen and oxygen atoms in total.